The Morgan fingerprint density at radius 2 is 2.15 bits per heavy atom. The fourth-order valence-electron chi connectivity index (χ4n) is 2.24. The van der Waals surface area contributed by atoms with E-state index in [1.807, 2.05) is 6.07 Å². The molecular formula is C11H16N2. The highest BCUT2D eigenvalue weighted by molar-refractivity contribution is 5.55. The topological polar surface area (TPSA) is 52.0 Å². The molecule has 1 atom stereocenters. The summed E-state index contributed by atoms with van der Waals surface area (Å²) in [6, 6.07) is 4.26. The number of fused-ring (bicyclic) bond motifs is 1. The summed E-state index contributed by atoms with van der Waals surface area (Å²) in [6.45, 7) is 2.11. The maximum absolute atomic E-state index is 6.06. The van der Waals surface area contributed by atoms with E-state index >= 15 is 0 Å². The van der Waals surface area contributed by atoms with Gasteiger partial charge >= 0.3 is 0 Å². The molecule has 13 heavy (non-hydrogen) atoms. The number of hydrogen-bond donors (Lipinski definition) is 2. The molecule has 1 aliphatic carbocycles. The van der Waals surface area contributed by atoms with Crippen LogP contribution in [0.4, 0.5) is 5.69 Å². The van der Waals surface area contributed by atoms with Crippen LogP contribution in [0.3, 0.4) is 0 Å². The average Bonchev–Trinajstić information content (AvgIpc) is 2.12. The molecule has 0 unspecified atom stereocenters. The number of anilines is 1. The number of hydrogen-bond acceptors (Lipinski definition) is 2. The Morgan fingerprint density at radius 1 is 1.38 bits per heavy atom. The van der Waals surface area contributed by atoms with E-state index in [4.69, 9.17) is 11.5 Å². The summed E-state index contributed by atoms with van der Waals surface area (Å²) in [6.07, 6.45) is 3.36. The lowest BCUT2D eigenvalue weighted by molar-refractivity contribution is 0.568. The van der Waals surface area contributed by atoms with Gasteiger partial charge in [0.1, 0.15) is 0 Å². The minimum atomic E-state index is 0.201. The third-order valence-corrected chi connectivity index (χ3v) is 2.92. The average molecular weight is 176 g/mol. The molecule has 0 spiro atoms. The van der Waals surface area contributed by atoms with Crippen LogP contribution < -0.4 is 11.5 Å². The van der Waals surface area contributed by atoms with Gasteiger partial charge in [-0.2, -0.15) is 0 Å². The second-order valence-electron chi connectivity index (χ2n) is 3.86. The van der Waals surface area contributed by atoms with Gasteiger partial charge in [-0.1, -0.05) is 6.07 Å². The lowest BCUT2D eigenvalue weighted by Crippen LogP contribution is -2.19. The van der Waals surface area contributed by atoms with Gasteiger partial charge < -0.3 is 11.5 Å². The lowest BCUT2D eigenvalue weighted by atomic mass is 9.84. The van der Waals surface area contributed by atoms with E-state index in [2.05, 4.69) is 13.0 Å². The van der Waals surface area contributed by atoms with Crippen LogP contribution in [-0.2, 0) is 6.42 Å². The van der Waals surface area contributed by atoms with Crippen LogP contribution in [0.5, 0.6) is 0 Å². The van der Waals surface area contributed by atoms with Crippen molar-refractivity contribution in [2.24, 2.45) is 5.73 Å². The predicted molar refractivity (Wildman–Crippen MR) is 55.5 cm³/mol. The quantitative estimate of drug-likeness (QED) is 0.593. The SMILES string of the molecule is Cc1ccc(N)c2c1[C@H](N)CCC2. The Balaban J connectivity index is 2.60. The summed E-state index contributed by atoms with van der Waals surface area (Å²) in [5, 5.41) is 0. The predicted octanol–water partition coefficient (Wildman–Crippen LogP) is 1.91. The van der Waals surface area contributed by atoms with Crippen LogP contribution in [-0.4, -0.2) is 0 Å². The van der Waals surface area contributed by atoms with E-state index in [9.17, 15) is 0 Å². The standard InChI is InChI=1S/C11H16N2/c1-7-5-6-9(12)8-3-2-4-10(13)11(7)8/h5-6,10H,2-4,12-13H2,1H3/t10-/m1/s1. The van der Waals surface area contributed by atoms with Crippen molar-refractivity contribution in [3.05, 3.63) is 28.8 Å². The second-order valence-corrected chi connectivity index (χ2v) is 3.86. The fraction of sp³-hybridized carbons (Fsp3) is 0.455. The van der Waals surface area contributed by atoms with Crippen LogP contribution in [0.15, 0.2) is 12.1 Å². The number of nitrogens with two attached hydrogens (primary N) is 2. The molecule has 1 aromatic carbocycles. The van der Waals surface area contributed by atoms with E-state index in [1.165, 1.54) is 23.1 Å². The first kappa shape index (κ1) is 8.57. The molecule has 2 heteroatoms. The zero-order valence-corrected chi connectivity index (χ0v) is 8.01. The number of nitrogen functional groups attached to an aromatic ring is 1. The van der Waals surface area contributed by atoms with Gasteiger partial charge in [-0.25, -0.2) is 0 Å². The Morgan fingerprint density at radius 3 is 2.85 bits per heavy atom. The van der Waals surface area contributed by atoms with Crippen molar-refractivity contribution >= 4 is 5.69 Å². The first-order valence-corrected chi connectivity index (χ1v) is 4.83. The Labute approximate surface area is 78.9 Å². The van der Waals surface area contributed by atoms with E-state index in [-0.39, 0.29) is 6.04 Å². The van der Waals surface area contributed by atoms with Crippen molar-refractivity contribution in [1.29, 1.82) is 0 Å². The molecule has 0 amide bonds. The first-order valence-electron chi connectivity index (χ1n) is 4.83. The van der Waals surface area contributed by atoms with Gasteiger partial charge in [0, 0.05) is 11.7 Å². The molecule has 1 aromatic rings. The van der Waals surface area contributed by atoms with Crippen molar-refractivity contribution in [3.8, 4) is 0 Å². The van der Waals surface area contributed by atoms with Gasteiger partial charge in [0.05, 0.1) is 0 Å². The normalized spacial score (nSPS) is 21.2. The molecule has 0 fully saturated rings. The van der Waals surface area contributed by atoms with E-state index < -0.39 is 0 Å². The van der Waals surface area contributed by atoms with Crippen LogP contribution in [0.2, 0.25) is 0 Å². The molecule has 0 radical (unpaired) electrons. The zero-order valence-electron chi connectivity index (χ0n) is 8.01. The van der Waals surface area contributed by atoms with Crippen molar-refractivity contribution in [2.75, 3.05) is 5.73 Å². The largest absolute Gasteiger partial charge is 0.398 e. The molecule has 0 heterocycles. The third-order valence-electron chi connectivity index (χ3n) is 2.92. The zero-order chi connectivity index (χ0) is 9.42. The molecule has 1 aliphatic rings. The molecule has 2 rings (SSSR count). The van der Waals surface area contributed by atoms with Crippen molar-refractivity contribution in [3.63, 3.8) is 0 Å². The lowest BCUT2D eigenvalue weighted by Gasteiger charge is -2.25. The maximum Gasteiger partial charge on any atom is 0.0350 e. The number of aryl methyl sites for hydroxylation is 1. The second kappa shape index (κ2) is 3.04. The van der Waals surface area contributed by atoms with Crippen LogP contribution in [0, 0.1) is 6.92 Å². The number of benzene rings is 1. The van der Waals surface area contributed by atoms with Gasteiger partial charge in [0.15, 0.2) is 0 Å². The monoisotopic (exact) mass is 176 g/mol. The Kier molecular flexibility index (Phi) is 2.00. The van der Waals surface area contributed by atoms with Gasteiger partial charge in [0.25, 0.3) is 0 Å². The first-order chi connectivity index (χ1) is 6.20. The Hall–Kier alpha value is -1.02. The summed E-state index contributed by atoms with van der Waals surface area (Å²) < 4.78 is 0. The van der Waals surface area contributed by atoms with E-state index in [1.54, 1.807) is 0 Å². The van der Waals surface area contributed by atoms with Crippen molar-refractivity contribution in [2.45, 2.75) is 32.2 Å². The molecular weight excluding hydrogens is 160 g/mol. The summed E-state index contributed by atoms with van der Waals surface area (Å²) in [5.41, 5.74) is 16.8. The minimum absolute atomic E-state index is 0.201. The maximum atomic E-state index is 6.06. The Bertz CT molecular complexity index is 331. The molecule has 0 bridgehead atoms. The fourth-order valence-corrected chi connectivity index (χ4v) is 2.24. The summed E-state index contributed by atoms with van der Waals surface area (Å²) in [5.74, 6) is 0. The molecule has 0 saturated carbocycles. The highest BCUT2D eigenvalue weighted by atomic mass is 14.7. The molecule has 0 aromatic heterocycles. The van der Waals surface area contributed by atoms with Crippen LogP contribution in [0.1, 0.15) is 35.6 Å². The summed E-state index contributed by atoms with van der Waals surface area (Å²) >= 11 is 0. The molecule has 70 valence electrons. The van der Waals surface area contributed by atoms with Gasteiger partial charge in [0.2, 0.25) is 0 Å². The van der Waals surface area contributed by atoms with Crippen LogP contribution >= 0.6 is 0 Å². The summed E-state index contributed by atoms with van der Waals surface area (Å²) in [7, 11) is 0. The highest BCUT2D eigenvalue weighted by Gasteiger charge is 2.20. The molecule has 0 aliphatic heterocycles. The molecule has 2 nitrogen and oxygen atoms in total. The van der Waals surface area contributed by atoms with Gasteiger partial charge in [-0.3, -0.25) is 0 Å². The molecule has 4 N–H and O–H groups in total. The van der Waals surface area contributed by atoms with Crippen molar-refractivity contribution < 1.29 is 0 Å². The van der Waals surface area contributed by atoms with Crippen molar-refractivity contribution in [1.82, 2.24) is 0 Å². The third kappa shape index (κ3) is 1.31. The number of rotatable bonds is 0. The van der Waals surface area contributed by atoms with E-state index in [0.29, 0.717) is 0 Å². The smallest absolute Gasteiger partial charge is 0.0350 e. The highest BCUT2D eigenvalue weighted by Crippen LogP contribution is 2.33. The molecule has 0 saturated heterocycles. The van der Waals surface area contributed by atoms with Crippen LogP contribution in [0.25, 0.3) is 0 Å². The minimum Gasteiger partial charge on any atom is -0.398 e. The van der Waals surface area contributed by atoms with Gasteiger partial charge in [-0.15, -0.1) is 0 Å². The van der Waals surface area contributed by atoms with Gasteiger partial charge in [-0.05, 0) is 48.9 Å². The summed E-state index contributed by atoms with van der Waals surface area (Å²) in [4.78, 5) is 0. The van der Waals surface area contributed by atoms with E-state index in [0.717, 1.165) is 18.5 Å².